The van der Waals surface area contributed by atoms with Gasteiger partial charge in [0.05, 0.1) is 11.9 Å². The lowest BCUT2D eigenvalue weighted by Crippen LogP contribution is -2.21. The Balaban J connectivity index is 1.89. The van der Waals surface area contributed by atoms with Crippen LogP contribution in [0, 0.1) is 0 Å². The number of rotatable bonds is 3. The van der Waals surface area contributed by atoms with E-state index in [1.165, 1.54) is 0 Å². The molecule has 0 amide bonds. The first kappa shape index (κ1) is 16.4. The molecule has 4 heteroatoms. The molecule has 0 radical (unpaired) electrons. The van der Waals surface area contributed by atoms with Gasteiger partial charge in [0.1, 0.15) is 0 Å². The summed E-state index contributed by atoms with van der Waals surface area (Å²) in [7, 11) is 0. The van der Waals surface area contributed by atoms with E-state index in [0.717, 1.165) is 31.3 Å². The summed E-state index contributed by atoms with van der Waals surface area (Å²) in [4.78, 5) is 9.92. The Kier molecular flexibility index (Phi) is 4.40. The second kappa shape index (κ2) is 6.70. The average molecular weight is 454 g/mol. The fraction of sp³-hybridized carbons (Fsp3) is 0.0476. The molecule has 122 valence electrons. The Morgan fingerprint density at radius 1 is 0.640 bits per heavy atom. The summed E-state index contributed by atoms with van der Waals surface area (Å²) in [5.74, 6) is 0. The number of benzene rings is 3. The maximum absolute atomic E-state index is 5.05. The average Bonchev–Trinajstić information content (AvgIpc) is 3.10. The van der Waals surface area contributed by atoms with Crippen molar-refractivity contribution in [1.29, 1.82) is 0 Å². The summed E-state index contributed by atoms with van der Waals surface area (Å²) < 4.78 is 2.08. The smallest absolute Gasteiger partial charge is 0.202 e. The third kappa shape index (κ3) is 3.12. The van der Waals surface area contributed by atoms with Crippen LogP contribution in [-0.2, 0) is 5.66 Å². The van der Waals surface area contributed by atoms with Gasteiger partial charge in [-0.2, -0.15) is 0 Å². The first-order valence-corrected chi connectivity index (χ1v) is 9.49. The van der Waals surface area contributed by atoms with Crippen molar-refractivity contribution in [3.63, 3.8) is 0 Å². The normalized spacial score (nSPS) is 15.2. The van der Waals surface area contributed by atoms with Gasteiger partial charge < -0.3 is 0 Å². The van der Waals surface area contributed by atoms with Crippen LogP contribution >= 0.6 is 31.9 Å². The van der Waals surface area contributed by atoms with Crippen molar-refractivity contribution in [3.8, 4) is 0 Å². The predicted octanol–water partition coefficient (Wildman–Crippen LogP) is 5.99. The minimum atomic E-state index is -0.743. The highest BCUT2D eigenvalue weighted by Crippen LogP contribution is 2.39. The molecule has 3 aromatic rings. The van der Waals surface area contributed by atoms with Crippen molar-refractivity contribution < 1.29 is 0 Å². The van der Waals surface area contributed by atoms with Crippen LogP contribution in [0.5, 0.6) is 0 Å². The summed E-state index contributed by atoms with van der Waals surface area (Å²) in [6.07, 6.45) is 1.87. The lowest BCUT2D eigenvalue weighted by Gasteiger charge is -2.24. The molecule has 0 N–H and O–H groups in total. The van der Waals surface area contributed by atoms with Crippen molar-refractivity contribution in [2.45, 2.75) is 5.66 Å². The summed E-state index contributed by atoms with van der Waals surface area (Å²) in [5.41, 5.74) is 3.31. The van der Waals surface area contributed by atoms with Crippen LogP contribution in [0.4, 0.5) is 0 Å². The molecular formula is C21H14Br2N2. The highest BCUT2D eigenvalue weighted by Gasteiger charge is 2.36. The van der Waals surface area contributed by atoms with Crippen molar-refractivity contribution in [2.75, 3.05) is 0 Å². The number of nitrogens with zero attached hydrogens (tertiary/aromatic N) is 2. The Hall–Kier alpha value is -2.04. The highest BCUT2D eigenvalue weighted by atomic mass is 79.9. The van der Waals surface area contributed by atoms with Gasteiger partial charge in [-0.3, -0.25) is 4.99 Å². The van der Waals surface area contributed by atoms with Gasteiger partial charge >= 0.3 is 0 Å². The van der Waals surface area contributed by atoms with Crippen LogP contribution in [0.25, 0.3) is 0 Å². The van der Waals surface area contributed by atoms with Crippen LogP contribution in [0.3, 0.4) is 0 Å². The second-order valence-electron chi connectivity index (χ2n) is 5.81. The van der Waals surface area contributed by atoms with Gasteiger partial charge in [0, 0.05) is 25.6 Å². The van der Waals surface area contributed by atoms with Crippen molar-refractivity contribution in [2.24, 2.45) is 9.98 Å². The van der Waals surface area contributed by atoms with Crippen LogP contribution in [0.2, 0.25) is 0 Å². The minimum Gasteiger partial charge on any atom is -0.252 e. The van der Waals surface area contributed by atoms with Crippen LogP contribution < -0.4 is 0 Å². The molecule has 0 saturated carbocycles. The van der Waals surface area contributed by atoms with Gasteiger partial charge in [-0.15, -0.1) is 0 Å². The third-order valence-corrected chi connectivity index (χ3v) is 5.28. The zero-order chi connectivity index (χ0) is 17.3. The summed E-state index contributed by atoms with van der Waals surface area (Å²) in [5, 5.41) is 0. The molecule has 0 aliphatic carbocycles. The van der Waals surface area contributed by atoms with Crippen LogP contribution in [0.15, 0.2) is 97.8 Å². The van der Waals surface area contributed by atoms with E-state index in [9.17, 15) is 0 Å². The predicted molar refractivity (Wildman–Crippen MR) is 111 cm³/mol. The van der Waals surface area contributed by atoms with E-state index in [-0.39, 0.29) is 0 Å². The molecule has 0 aromatic heterocycles. The monoisotopic (exact) mass is 452 g/mol. The van der Waals surface area contributed by atoms with E-state index in [2.05, 4.69) is 68.3 Å². The van der Waals surface area contributed by atoms with Crippen molar-refractivity contribution >= 4 is 43.8 Å². The standard InChI is InChI=1S/C21H14Br2N2/c22-18-10-6-16(7-11-18)21(17-8-12-19(23)13-9-17)24-14-20(25-21)15-4-2-1-3-5-15/h1-14H. The van der Waals surface area contributed by atoms with E-state index in [1.807, 2.05) is 48.7 Å². The molecule has 1 aliphatic heterocycles. The third-order valence-electron chi connectivity index (χ3n) is 4.22. The maximum Gasteiger partial charge on any atom is 0.202 e. The molecule has 0 atom stereocenters. The number of aliphatic imine (C=N–C) groups is 2. The van der Waals surface area contributed by atoms with Crippen LogP contribution in [0.1, 0.15) is 16.7 Å². The van der Waals surface area contributed by atoms with E-state index >= 15 is 0 Å². The second-order valence-corrected chi connectivity index (χ2v) is 7.64. The molecule has 3 aromatic carbocycles. The SMILES string of the molecule is Brc1ccc(C2(c3ccc(Br)cc3)N=CC(c3ccccc3)=N2)cc1. The molecule has 0 saturated heterocycles. The summed E-state index contributed by atoms with van der Waals surface area (Å²) >= 11 is 7.01. The Bertz CT molecular complexity index is 898. The first-order valence-electron chi connectivity index (χ1n) is 7.90. The lowest BCUT2D eigenvalue weighted by molar-refractivity contribution is 0.590. The Morgan fingerprint density at radius 3 is 1.68 bits per heavy atom. The Morgan fingerprint density at radius 2 is 1.16 bits per heavy atom. The molecule has 1 heterocycles. The number of halogens is 2. The first-order chi connectivity index (χ1) is 12.2. The number of hydrogen-bond acceptors (Lipinski definition) is 2. The molecule has 0 unspecified atom stereocenters. The minimum absolute atomic E-state index is 0.743. The molecular weight excluding hydrogens is 440 g/mol. The van der Waals surface area contributed by atoms with E-state index in [4.69, 9.17) is 9.98 Å². The van der Waals surface area contributed by atoms with E-state index in [0.29, 0.717) is 0 Å². The van der Waals surface area contributed by atoms with E-state index < -0.39 is 5.66 Å². The van der Waals surface area contributed by atoms with Crippen molar-refractivity contribution in [1.82, 2.24) is 0 Å². The largest absolute Gasteiger partial charge is 0.252 e. The molecule has 2 nitrogen and oxygen atoms in total. The van der Waals surface area contributed by atoms with Crippen LogP contribution in [-0.4, -0.2) is 11.9 Å². The summed E-state index contributed by atoms with van der Waals surface area (Å²) in [6, 6.07) is 26.6. The van der Waals surface area contributed by atoms with Crippen molar-refractivity contribution in [3.05, 3.63) is 104 Å². The lowest BCUT2D eigenvalue weighted by atomic mass is 9.92. The maximum atomic E-state index is 5.05. The Labute approximate surface area is 163 Å². The van der Waals surface area contributed by atoms with E-state index in [1.54, 1.807) is 0 Å². The molecule has 0 bridgehead atoms. The zero-order valence-corrected chi connectivity index (χ0v) is 16.4. The fourth-order valence-electron chi connectivity index (χ4n) is 2.94. The van der Waals surface area contributed by atoms with Gasteiger partial charge in [-0.05, 0) is 24.3 Å². The molecule has 4 rings (SSSR count). The topological polar surface area (TPSA) is 24.7 Å². The van der Waals surface area contributed by atoms with Gasteiger partial charge in [0.25, 0.3) is 0 Å². The van der Waals surface area contributed by atoms with Gasteiger partial charge in [0.2, 0.25) is 5.66 Å². The quantitative estimate of drug-likeness (QED) is 0.465. The van der Waals surface area contributed by atoms with Gasteiger partial charge in [-0.1, -0.05) is 86.5 Å². The molecule has 0 spiro atoms. The zero-order valence-electron chi connectivity index (χ0n) is 13.2. The number of hydrogen-bond donors (Lipinski definition) is 0. The molecule has 0 fully saturated rings. The van der Waals surface area contributed by atoms with Gasteiger partial charge in [-0.25, -0.2) is 4.99 Å². The highest BCUT2D eigenvalue weighted by molar-refractivity contribution is 9.10. The van der Waals surface area contributed by atoms with Gasteiger partial charge in [0.15, 0.2) is 0 Å². The summed E-state index contributed by atoms with van der Waals surface area (Å²) in [6.45, 7) is 0. The fourth-order valence-corrected chi connectivity index (χ4v) is 3.47. The molecule has 1 aliphatic rings. The molecule has 25 heavy (non-hydrogen) atoms.